The van der Waals surface area contributed by atoms with Gasteiger partial charge < -0.3 is 15.8 Å². The van der Waals surface area contributed by atoms with E-state index in [-0.39, 0.29) is 5.91 Å². The Morgan fingerprint density at radius 3 is 2.74 bits per heavy atom. The van der Waals surface area contributed by atoms with Gasteiger partial charge >= 0.3 is 0 Å². The van der Waals surface area contributed by atoms with Gasteiger partial charge in [-0.1, -0.05) is 18.5 Å². The van der Waals surface area contributed by atoms with Crippen LogP contribution in [0, 0.1) is 5.41 Å². The van der Waals surface area contributed by atoms with E-state index in [1.165, 1.54) is 20.0 Å². The molecule has 0 unspecified atom stereocenters. The number of nitrogens with two attached hydrogens (primary N) is 1. The number of hydrogen-bond donors (Lipinski definition) is 2. The number of rotatable bonds is 5. The lowest BCUT2D eigenvalue weighted by atomic mass is 10.0. The molecule has 0 atom stereocenters. The maximum Gasteiger partial charge on any atom is 0.255 e. The summed E-state index contributed by atoms with van der Waals surface area (Å²) in [7, 11) is 1.51. The highest BCUT2D eigenvalue weighted by Crippen LogP contribution is 2.47. The number of nitrogen functional groups attached to an aromatic ring is 1. The predicted octanol–water partition coefficient (Wildman–Crippen LogP) is 2.85. The van der Waals surface area contributed by atoms with Crippen LogP contribution in [0.15, 0.2) is 12.1 Å². The molecule has 1 aliphatic carbocycles. The predicted molar refractivity (Wildman–Crippen MR) is 76.7 cm³/mol. The molecule has 0 saturated heterocycles. The zero-order valence-electron chi connectivity index (χ0n) is 11.3. The van der Waals surface area contributed by atoms with Gasteiger partial charge in [-0.25, -0.2) is 0 Å². The number of anilines is 1. The van der Waals surface area contributed by atoms with Crippen molar-refractivity contribution in [2.45, 2.75) is 26.2 Å². The first-order chi connectivity index (χ1) is 9.01. The Kier molecular flexibility index (Phi) is 3.90. The van der Waals surface area contributed by atoms with Crippen LogP contribution in [0.2, 0.25) is 5.02 Å². The number of benzene rings is 1. The van der Waals surface area contributed by atoms with E-state index in [1.807, 2.05) is 0 Å². The molecule has 1 aliphatic rings. The fourth-order valence-corrected chi connectivity index (χ4v) is 2.27. The summed E-state index contributed by atoms with van der Waals surface area (Å²) in [5.41, 5.74) is 6.83. The third-order valence-corrected chi connectivity index (χ3v) is 4.22. The van der Waals surface area contributed by atoms with Crippen molar-refractivity contribution in [3.8, 4) is 5.75 Å². The molecule has 3 N–H and O–H groups in total. The number of nitrogens with one attached hydrogen (secondary N) is 1. The third kappa shape index (κ3) is 2.95. The van der Waals surface area contributed by atoms with Crippen LogP contribution in [0.25, 0.3) is 0 Å². The van der Waals surface area contributed by atoms with Gasteiger partial charge in [0.2, 0.25) is 0 Å². The molecular weight excluding hydrogens is 264 g/mol. The highest BCUT2D eigenvalue weighted by atomic mass is 35.5. The molecular formula is C14H19ClN2O2. The Labute approximate surface area is 118 Å². The second-order valence-corrected chi connectivity index (χ2v) is 5.52. The monoisotopic (exact) mass is 282 g/mol. The summed E-state index contributed by atoms with van der Waals surface area (Å²) in [5, 5.41) is 3.32. The van der Waals surface area contributed by atoms with Crippen molar-refractivity contribution < 1.29 is 9.53 Å². The van der Waals surface area contributed by atoms with E-state index >= 15 is 0 Å². The summed E-state index contributed by atoms with van der Waals surface area (Å²) < 4.78 is 5.18. The van der Waals surface area contributed by atoms with E-state index in [0.29, 0.717) is 34.0 Å². The van der Waals surface area contributed by atoms with E-state index < -0.39 is 0 Å². The minimum absolute atomic E-state index is 0.168. The molecule has 4 nitrogen and oxygen atoms in total. The van der Waals surface area contributed by atoms with Gasteiger partial charge in [-0.05, 0) is 30.7 Å². The Hall–Kier alpha value is -1.42. The van der Waals surface area contributed by atoms with E-state index in [4.69, 9.17) is 22.1 Å². The molecule has 1 saturated carbocycles. The second kappa shape index (κ2) is 5.29. The highest BCUT2D eigenvalue weighted by molar-refractivity contribution is 6.33. The van der Waals surface area contributed by atoms with Crippen LogP contribution < -0.4 is 15.8 Å². The van der Waals surface area contributed by atoms with Gasteiger partial charge in [0.05, 0.1) is 23.4 Å². The Morgan fingerprint density at radius 1 is 1.53 bits per heavy atom. The Balaban J connectivity index is 2.12. The normalized spacial score (nSPS) is 15.9. The first-order valence-electron chi connectivity index (χ1n) is 6.42. The molecule has 0 radical (unpaired) electrons. The lowest BCUT2D eigenvalue weighted by Gasteiger charge is -2.15. The summed E-state index contributed by atoms with van der Waals surface area (Å²) in [6.45, 7) is 2.85. The minimum atomic E-state index is -0.168. The molecule has 104 valence electrons. The number of ether oxygens (including phenoxy) is 1. The zero-order valence-corrected chi connectivity index (χ0v) is 12.0. The number of methoxy groups -OCH3 is 1. The quantitative estimate of drug-likeness (QED) is 0.816. The van der Waals surface area contributed by atoms with Crippen molar-refractivity contribution >= 4 is 23.2 Å². The zero-order chi connectivity index (χ0) is 14.0. The van der Waals surface area contributed by atoms with E-state index in [9.17, 15) is 4.79 Å². The molecule has 19 heavy (non-hydrogen) atoms. The van der Waals surface area contributed by atoms with Crippen molar-refractivity contribution in [1.82, 2.24) is 5.32 Å². The number of halogens is 1. The lowest BCUT2D eigenvalue weighted by molar-refractivity contribution is 0.0941. The smallest absolute Gasteiger partial charge is 0.255 e. The molecule has 0 heterocycles. The average Bonchev–Trinajstić information content (AvgIpc) is 3.19. The SMILES string of the molecule is CCC1(CNC(=O)c2cc(Cl)c(N)cc2OC)CC1. The fourth-order valence-electron chi connectivity index (χ4n) is 2.11. The largest absolute Gasteiger partial charge is 0.496 e. The molecule has 5 heteroatoms. The molecule has 1 aromatic rings. The number of carbonyl (C=O) groups excluding carboxylic acids is 1. The van der Waals surface area contributed by atoms with E-state index in [0.717, 1.165) is 6.42 Å². The van der Waals surface area contributed by atoms with Crippen molar-refractivity contribution in [2.24, 2.45) is 5.41 Å². The van der Waals surface area contributed by atoms with E-state index in [1.54, 1.807) is 12.1 Å². The first-order valence-corrected chi connectivity index (χ1v) is 6.80. The molecule has 2 rings (SSSR count). The Morgan fingerprint density at radius 2 is 2.21 bits per heavy atom. The van der Waals surface area contributed by atoms with Crippen LogP contribution in [-0.4, -0.2) is 19.6 Å². The van der Waals surface area contributed by atoms with Crippen molar-refractivity contribution in [1.29, 1.82) is 0 Å². The maximum absolute atomic E-state index is 12.2. The highest BCUT2D eigenvalue weighted by Gasteiger charge is 2.40. The average molecular weight is 283 g/mol. The molecule has 1 amide bonds. The van der Waals surface area contributed by atoms with Gasteiger partial charge in [0.25, 0.3) is 5.91 Å². The van der Waals surface area contributed by atoms with Crippen molar-refractivity contribution in [3.05, 3.63) is 22.7 Å². The lowest BCUT2D eigenvalue weighted by Crippen LogP contribution is -2.30. The van der Waals surface area contributed by atoms with Gasteiger partial charge in [-0.2, -0.15) is 0 Å². The summed E-state index contributed by atoms with van der Waals surface area (Å²) in [4.78, 5) is 12.2. The summed E-state index contributed by atoms with van der Waals surface area (Å²) >= 11 is 5.96. The van der Waals surface area contributed by atoms with Crippen LogP contribution in [-0.2, 0) is 0 Å². The van der Waals surface area contributed by atoms with Gasteiger partial charge in [0, 0.05) is 12.6 Å². The fraction of sp³-hybridized carbons (Fsp3) is 0.500. The molecule has 1 aromatic carbocycles. The Bertz CT molecular complexity index is 498. The topological polar surface area (TPSA) is 64.4 Å². The van der Waals surface area contributed by atoms with Crippen LogP contribution in [0.1, 0.15) is 36.5 Å². The first kappa shape index (κ1) is 14.0. The summed E-state index contributed by atoms with van der Waals surface area (Å²) in [5.74, 6) is 0.277. The maximum atomic E-state index is 12.2. The van der Waals surface area contributed by atoms with Crippen LogP contribution >= 0.6 is 11.6 Å². The molecule has 0 spiro atoms. The third-order valence-electron chi connectivity index (χ3n) is 3.89. The van der Waals surface area contributed by atoms with Gasteiger partial charge in [0.1, 0.15) is 5.75 Å². The molecule has 1 fully saturated rings. The van der Waals surface area contributed by atoms with E-state index in [2.05, 4.69) is 12.2 Å². The minimum Gasteiger partial charge on any atom is -0.496 e. The summed E-state index contributed by atoms with van der Waals surface area (Å²) in [6.07, 6.45) is 3.46. The number of amides is 1. The van der Waals surface area contributed by atoms with Crippen LogP contribution in [0.5, 0.6) is 5.75 Å². The molecule has 0 bridgehead atoms. The standard InChI is InChI=1S/C14H19ClN2O2/c1-3-14(4-5-14)8-17-13(18)9-6-10(15)11(16)7-12(9)19-2/h6-7H,3-5,8,16H2,1-2H3,(H,17,18). The number of carbonyl (C=O) groups is 1. The van der Waals surface area contributed by atoms with Crippen LogP contribution in [0.3, 0.4) is 0 Å². The summed E-state index contributed by atoms with van der Waals surface area (Å²) in [6, 6.07) is 3.13. The molecule has 0 aliphatic heterocycles. The van der Waals surface area contributed by atoms with Crippen LogP contribution in [0.4, 0.5) is 5.69 Å². The number of hydrogen-bond acceptors (Lipinski definition) is 3. The van der Waals surface area contributed by atoms with Gasteiger partial charge in [-0.3, -0.25) is 4.79 Å². The van der Waals surface area contributed by atoms with Gasteiger partial charge in [-0.15, -0.1) is 0 Å². The van der Waals surface area contributed by atoms with Gasteiger partial charge in [0.15, 0.2) is 0 Å². The second-order valence-electron chi connectivity index (χ2n) is 5.11. The van der Waals surface area contributed by atoms with Crippen molar-refractivity contribution in [2.75, 3.05) is 19.4 Å². The van der Waals surface area contributed by atoms with Crippen molar-refractivity contribution in [3.63, 3.8) is 0 Å². The molecule has 0 aromatic heterocycles.